The standard InChI is InChI=1S/C55H100O6S6/c1-42(56)48(7)62-36-22-30-54(31-23-37-63-49(8)43(2)57,32-24-38-64-50(9)44(3)58)28-20-18-16-14-13-15-17-19-21-29-55(33-25-39-65-51(10)45(4)59,34-26-40-66-52(11)46(5)60)35-27-41-67-53(12)47(6)61/h48-53H,13-41H2,1-12H3. The molecule has 0 aliphatic heterocycles. The normalized spacial score (nSPS) is 16.3. The third-order valence-electron chi connectivity index (χ3n) is 14.2. The van der Waals surface area contributed by atoms with Crippen LogP contribution in [0.3, 0.4) is 0 Å². The summed E-state index contributed by atoms with van der Waals surface area (Å²) in [5.74, 6) is 7.59. The molecule has 0 spiro atoms. The molecule has 12 heteroatoms. The van der Waals surface area contributed by atoms with Gasteiger partial charge in [-0.1, -0.05) is 57.8 Å². The van der Waals surface area contributed by atoms with Crippen LogP contribution in [0.1, 0.15) is 231 Å². The van der Waals surface area contributed by atoms with Gasteiger partial charge in [-0.2, -0.15) is 70.6 Å². The van der Waals surface area contributed by atoms with Crippen LogP contribution in [0.25, 0.3) is 0 Å². The lowest BCUT2D eigenvalue weighted by atomic mass is 9.72. The number of hydrogen-bond acceptors (Lipinski definition) is 12. The van der Waals surface area contributed by atoms with Crippen LogP contribution >= 0.6 is 70.6 Å². The first-order valence-electron chi connectivity index (χ1n) is 26.4. The van der Waals surface area contributed by atoms with Crippen molar-refractivity contribution in [2.24, 2.45) is 10.8 Å². The highest BCUT2D eigenvalue weighted by molar-refractivity contribution is 8.01. The number of rotatable bonds is 48. The Morgan fingerprint density at radius 3 is 0.537 bits per heavy atom. The van der Waals surface area contributed by atoms with E-state index in [1.54, 1.807) is 112 Å². The highest BCUT2D eigenvalue weighted by Gasteiger charge is 2.31. The maximum atomic E-state index is 12.0. The summed E-state index contributed by atoms with van der Waals surface area (Å²) < 4.78 is 0. The fourth-order valence-corrected chi connectivity index (χ4v) is 14.1. The van der Waals surface area contributed by atoms with Crippen molar-refractivity contribution in [3.05, 3.63) is 0 Å². The van der Waals surface area contributed by atoms with E-state index < -0.39 is 0 Å². The van der Waals surface area contributed by atoms with Crippen molar-refractivity contribution in [1.82, 2.24) is 0 Å². The number of Topliss-reactive ketones (excluding diaryl/α,β-unsaturated/α-hetero) is 6. The molecule has 0 saturated carbocycles. The summed E-state index contributed by atoms with van der Waals surface area (Å²) >= 11 is 10.8. The monoisotopic (exact) mass is 1050 g/mol. The smallest absolute Gasteiger partial charge is 0.142 e. The molecule has 0 fully saturated rings. The lowest BCUT2D eigenvalue weighted by Gasteiger charge is -2.35. The van der Waals surface area contributed by atoms with Gasteiger partial charge in [0.15, 0.2) is 0 Å². The average molecular weight is 1050 g/mol. The van der Waals surface area contributed by atoms with Gasteiger partial charge in [-0.3, -0.25) is 28.8 Å². The van der Waals surface area contributed by atoms with Crippen LogP contribution in [0.4, 0.5) is 0 Å². The molecule has 0 amide bonds. The van der Waals surface area contributed by atoms with Gasteiger partial charge in [0.05, 0.1) is 31.5 Å². The minimum atomic E-state index is 0.0481. The Bertz CT molecular complexity index is 1140. The van der Waals surface area contributed by atoms with Crippen LogP contribution in [-0.2, 0) is 28.8 Å². The van der Waals surface area contributed by atoms with Crippen molar-refractivity contribution in [3.8, 4) is 0 Å². The first kappa shape index (κ1) is 67.1. The van der Waals surface area contributed by atoms with Crippen LogP contribution < -0.4 is 0 Å². The molecule has 0 aliphatic carbocycles. The number of thioether (sulfide) groups is 6. The molecule has 0 aliphatic rings. The summed E-state index contributed by atoms with van der Waals surface area (Å²) in [6.45, 7) is 22.4. The molecular formula is C55H100O6S6. The average Bonchev–Trinajstić information content (AvgIpc) is 3.27. The highest BCUT2D eigenvalue weighted by Crippen LogP contribution is 2.44. The van der Waals surface area contributed by atoms with E-state index in [0.29, 0.717) is 0 Å². The Morgan fingerprint density at radius 2 is 0.388 bits per heavy atom. The minimum absolute atomic E-state index is 0.0481. The van der Waals surface area contributed by atoms with Crippen LogP contribution in [-0.4, -0.2) is 101 Å². The second kappa shape index (κ2) is 40.6. The van der Waals surface area contributed by atoms with Gasteiger partial charge in [0, 0.05) is 0 Å². The van der Waals surface area contributed by atoms with Crippen molar-refractivity contribution < 1.29 is 28.8 Å². The third-order valence-corrected chi connectivity index (χ3v) is 22.3. The van der Waals surface area contributed by atoms with Crippen molar-refractivity contribution >= 4 is 105 Å². The molecule has 6 atom stereocenters. The van der Waals surface area contributed by atoms with E-state index in [2.05, 4.69) is 0 Å². The summed E-state index contributed by atoms with van der Waals surface area (Å²) in [6, 6.07) is 0. The summed E-state index contributed by atoms with van der Waals surface area (Å²) in [5, 5.41) is 0.289. The second-order valence-corrected chi connectivity index (χ2v) is 28.7. The van der Waals surface area contributed by atoms with Gasteiger partial charge in [0.2, 0.25) is 0 Å². The van der Waals surface area contributed by atoms with Gasteiger partial charge >= 0.3 is 0 Å². The van der Waals surface area contributed by atoms with Crippen LogP contribution in [0.15, 0.2) is 0 Å². The van der Waals surface area contributed by atoms with E-state index in [0.717, 1.165) is 73.0 Å². The molecule has 0 bridgehead atoms. The third kappa shape index (κ3) is 35.0. The zero-order valence-corrected chi connectivity index (χ0v) is 49.8. The molecule has 0 saturated heterocycles. The molecule has 0 aromatic heterocycles. The molecule has 0 aromatic rings. The maximum Gasteiger partial charge on any atom is 0.142 e. The SMILES string of the molecule is CC(=O)C(C)SCCCC(CCCCCCCCCCCC(CCCSC(C)C(C)=O)(CCCSC(C)C(C)=O)CCCSC(C)C(C)=O)(CCCSC(C)C(C)=O)CCCSC(C)C(C)=O. The molecule has 6 unspecified atom stereocenters. The quantitative estimate of drug-likeness (QED) is 0.0542. The van der Waals surface area contributed by atoms with Gasteiger partial charge in [0.25, 0.3) is 0 Å². The molecule has 67 heavy (non-hydrogen) atoms. The largest absolute Gasteiger partial charge is 0.299 e. The molecular weight excluding hydrogens is 949 g/mol. The zero-order chi connectivity index (χ0) is 50.7. The van der Waals surface area contributed by atoms with E-state index in [1.165, 1.54) is 109 Å². The Kier molecular flexibility index (Phi) is 40.7. The highest BCUT2D eigenvalue weighted by atomic mass is 32.2. The number of hydrogen-bond donors (Lipinski definition) is 0. The predicted molar refractivity (Wildman–Crippen MR) is 307 cm³/mol. The van der Waals surface area contributed by atoms with Gasteiger partial charge < -0.3 is 0 Å². The molecule has 0 N–H and O–H groups in total. The Balaban J connectivity index is 5.50. The number of unbranched alkanes of at least 4 members (excludes halogenated alkanes) is 8. The van der Waals surface area contributed by atoms with Crippen LogP contribution in [0, 0.1) is 10.8 Å². The van der Waals surface area contributed by atoms with E-state index in [1.807, 2.05) is 41.5 Å². The van der Waals surface area contributed by atoms with Gasteiger partial charge in [0.1, 0.15) is 34.7 Å². The Morgan fingerprint density at radius 1 is 0.254 bits per heavy atom. The van der Waals surface area contributed by atoms with Gasteiger partial charge in [-0.05, 0) is 218 Å². The predicted octanol–water partition coefficient (Wildman–Crippen LogP) is 16.2. The van der Waals surface area contributed by atoms with Crippen molar-refractivity contribution in [1.29, 1.82) is 0 Å². The summed E-state index contributed by atoms with van der Waals surface area (Å²) in [4.78, 5) is 71.7. The van der Waals surface area contributed by atoms with E-state index in [9.17, 15) is 28.8 Å². The molecule has 0 aromatic carbocycles. The zero-order valence-electron chi connectivity index (χ0n) is 44.9. The molecule has 392 valence electrons. The first-order valence-corrected chi connectivity index (χ1v) is 32.7. The molecule has 0 heterocycles. The molecule has 0 rings (SSSR count). The summed E-state index contributed by atoms with van der Waals surface area (Å²) in [6.07, 6.45) is 27.7. The maximum absolute atomic E-state index is 12.0. The second-order valence-electron chi connectivity index (χ2n) is 20.0. The van der Waals surface area contributed by atoms with Crippen molar-refractivity contribution in [2.75, 3.05) is 34.5 Å². The fourth-order valence-electron chi connectivity index (χ4n) is 8.69. The van der Waals surface area contributed by atoms with Crippen LogP contribution in [0.2, 0.25) is 0 Å². The van der Waals surface area contributed by atoms with Crippen LogP contribution in [0.5, 0.6) is 0 Å². The molecule has 0 radical (unpaired) electrons. The summed E-state index contributed by atoms with van der Waals surface area (Å²) in [7, 11) is 0. The Labute approximate surface area is 438 Å². The number of ketones is 6. The molecule has 6 nitrogen and oxygen atoms in total. The Hall–Kier alpha value is 0.120. The van der Waals surface area contributed by atoms with Gasteiger partial charge in [-0.25, -0.2) is 0 Å². The van der Waals surface area contributed by atoms with E-state index >= 15 is 0 Å². The minimum Gasteiger partial charge on any atom is -0.299 e. The first-order chi connectivity index (χ1) is 31.7. The fraction of sp³-hybridized carbons (Fsp3) is 0.891. The van der Waals surface area contributed by atoms with Crippen molar-refractivity contribution in [2.45, 2.75) is 262 Å². The lowest BCUT2D eigenvalue weighted by molar-refractivity contribution is -0.117. The topological polar surface area (TPSA) is 102 Å². The van der Waals surface area contributed by atoms with Crippen molar-refractivity contribution in [3.63, 3.8) is 0 Å². The van der Waals surface area contributed by atoms with E-state index in [-0.39, 0.29) is 77.0 Å². The van der Waals surface area contributed by atoms with E-state index in [4.69, 9.17) is 0 Å². The van der Waals surface area contributed by atoms with Gasteiger partial charge in [-0.15, -0.1) is 0 Å². The number of carbonyl (C=O) groups excluding carboxylic acids is 6. The lowest BCUT2D eigenvalue weighted by Crippen LogP contribution is -2.23. The number of carbonyl (C=O) groups is 6. The summed E-state index contributed by atoms with van der Waals surface area (Å²) in [5.41, 5.74) is 0.525.